The van der Waals surface area contributed by atoms with Gasteiger partial charge in [-0.05, 0) is 6.07 Å². The Labute approximate surface area is 67.9 Å². The van der Waals surface area contributed by atoms with Gasteiger partial charge in [-0.1, -0.05) is 0 Å². The van der Waals surface area contributed by atoms with Crippen LogP contribution in [0.4, 0.5) is 13.2 Å². The summed E-state index contributed by atoms with van der Waals surface area (Å²) in [4.78, 5) is 1.56. The van der Waals surface area contributed by atoms with Crippen LogP contribution in [0.1, 0.15) is 5.69 Å². The first-order chi connectivity index (χ1) is 5.41. The molecule has 0 aliphatic carbocycles. The van der Waals surface area contributed by atoms with Crippen molar-refractivity contribution in [1.82, 2.24) is 4.98 Å². The van der Waals surface area contributed by atoms with Gasteiger partial charge < -0.3 is 9.54 Å². The van der Waals surface area contributed by atoms with Crippen molar-refractivity contribution in [3.05, 3.63) is 18.0 Å². The van der Waals surface area contributed by atoms with Crippen LogP contribution in [0.5, 0.6) is 0 Å². The Bertz CT molecular complexity index is 306. The molecule has 0 fully saturated rings. The minimum Gasteiger partial charge on any atom is -0.356 e. The lowest BCUT2D eigenvalue weighted by atomic mass is 10.4. The van der Waals surface area contributed by atoms with Crippen molar-refractivity contribution in [2.24, 2.45) is 0 Å². The molecule has 0 saturated heterocycles. The second-order valence-corrected chi connectivity index (χ2v) is 2.97. The molecule has 0 aromatic carbocycles. The summed E-state index contributed by atoms with van der Waals surface area (Å²) in [5.41, 5.74) is -1.03. The van der Waals surface area contributed by atoms with Gasteiger partial charge in [0.1, 0.15) is 5.69 Å². The van der Waals surface area contributed by atoms with Gasteiger partial charge in [-0.3, -0.25) is 0 Å². The van der Waals surface area contributed by atoms with Crippen molar-refractivity contribution < 1.29 is 21.9 Å². The first-order valence-corrected chi connectivity index (χ1v) is 3.88. The van der Waals surface area contributed by atoms with E-state index >= 15 is 0 Å². The van der Waals surface area contributed by atoms with E-state index in [1.807, 2.05) is 4.98 Å². The van der Waals surface area contributed by atoms with E-state index in [1.54, 1.807) is 0 Å². The average Bonchev–Trinajstić information content (AvgIpc) is 2.30. The first kappa shape index (κ1) is 9.27. The molecule has 68 valence electrons. The van der Waals surface area contributed by atoms with Gasteiger partial charge in [-0.15, -0.1) is 0 Å². The van der Waals surface area contributed by atoms with Gasteiger partial charge >= 0.3 is 6.18 Å². The fourth-order valence-electron chi connectivity index (χ4n) is 0.639. The van der Waals surface area contributed by atoms with Crippen LogP contribution in [0.2, 0.25) is 0 Å². The molecular weight excluding hydrogens is 195 g/mol. The largest absolute Gasteiger partial charge is 0.431 e. The molecule has 7 heteroatoms. The second kappa shape index (κ2) is 2.91. The Balaban J connectivity index is 3.00. The maximum absolute atomic E-state index is 11.9. The third kappa shape index (κ3) is 1.86. The summed E-state index contributed by atoms with van der Waals surface area (Å²) >= 11 is -2.37. The third-order valence-corrected chi connectivity index (χ3v) is 1.80. The van der Waals surface area contributed by atoms with Gasteiger partial charge in [0.15, 0.2) is 11.1 Å². The number of rotatable bonds is 1. The first-order valence-electron chi connectivity index (χ1n) is 2.78. The zero-order valence-electron chi connectivity index (χ0n) is 5.55. The third-order valence-electron chi connectivity index (χ3n) is 1.16. The molecule has 2 N–H and O–H groups in total. The van der Waals surface area contributed by atoms with Crippen LogP contribution in [0, 0.1) is 0 Å². The molecule has 0 saturated carbocycles. The highest BCUT2D eigenvalue weighted by atomic mass is 32.2. The fraction of sp³-hybridized carbons (Fsp3) is 0.200. The summed E-state index contributed by atoms with van der Waals surface area (Å²) in [7, 11) is 0. The standard InChI is InChI=1S/C5H4F3NO2S/c6-5(7,8)4-1-3(2-9-4)12(10)11/h1-2,9H,(H,10,11). The monoisotopic (exact) mass is 199 g/mol. The van der Waals surface area contributed by atoms with Crippen LogP contribution in [0.3, 0.4) is 0 Å². The lowest BCUT2D eigenvalue weighted by Gasteiger charge is -2.00. The maximum Gasteiger partial charge on any atom is 0.431 e. The number of alkyl halides is 3. The van der Waals surface area contributed by atoms with Crippen LogP contribution < -0.4 is 0 Å². The van der Waals surface area contributed by atoms with Gasteiger partial charge in [0.25, 0.3) is 0 Å². The van der Waals surface area contributed by atoms with Crippen molar-refractivity contribution in [1.29, 1.82) is 0 Å². The summed E-state index contributed by atoms with van der Waals surface area (Å²) in [5.74, 6) is 0. The minimum absolute atomic E-state index is 0.290. The molecule has 0 aliphatic heterocycles. The summed E-state index contributed by atoms with van der Waals surface area (Å²) in [6.07, 6.45) is -3.66. The molecule has 0 bridgehead atoms. The van der Waals surface area contributed by atoms with Gasteiger partial charge in [0.05, 0.1) is 4.90 Å². The van der Waals surface area contributed by atoms with Gasteiger partial charge in [-0.25, -0.2) is 4.21 Å². The van der Waals surface area contributed by atoms with Gasteiger partial charge in [0, 0.05) is 6.20 Å². The fourth-order valence-corrected chi connectivity index (χ4v) is 1.02. The molecular formula is C5H4F3NO2S. The van der Waals surface area contributed by atoms with Crippen LogP contribution in [0.25, 0.3) is 0 Å². The van der Waals surface area contributed by atoms with E-state index in [2.05, 4.69) is 0 Å². The number of hydrogen-bond acceptors (Lipinski definition) is 1. The average molecular weight is 199 g/mol. The highest BCUT2D eigenvalue weighted by molar-refractivity contribution is 7.79. The quantitative estimate of drug-likeness (QED) is 0.675. The van der Waals surface area contributed by atoms with Crippen molar-refractivity contribution in [2.75, 3.05) is 0 Å². The van der Waals surface area contributed by atoms with Crippen LogP contribution in [-0.2, 0) is 17.3 Å². The summed E-state index contributed by atoms with van der Waals surface area (Å²) < 4.78 is 54.2. The lowest BCUT2D eigenvalue weighted by molar-refractivity contribution is -0.140. The number of aromatic nitrogens is 1. The number of halogens is 3. The molecule has 12 heavy (non-hydrogen) atoms. The molecule has 1 atom stereocenters. The predicted molar refractivity (Wildman–Crippen MR) is 34.8 cm³/mol. The lowest BCUT2D eigenvalue weighted by Crippen LogP contribution is -2.04. The highest BCUT2D eigenvalue weighted by Crippen LogP contribution is 2.28. The van der Waals surface area contributed by atoms with Gasteiger partial charge in [0.2, 0.25) is 0 Å². The molecule has 1 heterocycles. The molecule has 1 unspecified atom stereocenters. The van der Waals surface area contributed by atoms with Crippen molar-refractivity contribution >= 4 is 11.1 Å². The molecule has 0 radical (unpaired) electrons. The maximum atomic E-state index is 11.9. The number of H-pyrrole nitrogens is 1. The molecule has 1 aromatic rings. The number of hydrogen-bond donors (Lipinski definition) is 2. The Kier molecular flexibility index (Phi) is 2.25. The van der Waals surface area contributed by atoms with Crippen LogP contribution >= 0.6 is 0 Å². The Morgan fingerprint density at radius 1 is 1.50 bits per heavy atom. The van der Waals surface area contributed by atoms with E-state index < -0.39 is 23.0 Å². The zero-order chi connectivity index (χ0) is 9.35. The van der Waals surface area contributed by atoms with Crippen molar-refractivity contribution in [3.63, 3.8) is 0 Å². The second-order valence-electron chi connectivity index (χ2n) is 2.00. The summed E-state index contributed by atoms with van der Waals surface area (Å²) in [6.45, 7) is 0. The summed E-state index contributed by atoms with van der Waals surface area (Å²) in [5, 5.41) is 0. The number of nitrogens with one attached hydrogen (secondary N) is 1. The van der Waals surface area contributed by atoms with Crippen LogP contribution in [-0.4, -0.2) is 13.7 Å². The Hall–Kier alpha value is -0.820. The topological polar surface area (TPSA) is 53.1 Å². The van der Waals surface area contributed by atoms with E-state index in [4.69, 9.17) is 4.55 Å². The molecule has 0 amide bonds. The Morgan fingerprint density at radius 3 is 2.33 bits per heavy atom. The molecule has 3 nitrogen and oxygen atoms in total. The minimum atomic E-state index is -4.50. The summed E-state index contributed by atoms with van der Waals surface area (Å²) in [6, 6.07) is 0.593. The van der Waals surface area contributed by atoms with Crippen molar-refractivity contribution in [3.8, 4) is 0 Å². The van der Waals surface area contributed by atoms with E-state index in [0.29, 0.717) is 6.07 Å². The number of aromatic amines is 1. The smallest absolute Gasteiger partial charge is 0.356 e. The van der Waals surface area contributed by atoms with Gasteiger partial charge in [-0.2, -0.15) is 13.2 Å². The van der Waals surface area contributed by atoms with E-state index in [9.17, 15) is 17.4 Å². The predicted octanol–water partition coefficient (Wildman–Crippen LogP) is 1.61. The van der Waals surface area contributed by atoms with E-state index in [0.717, 1.165) is 6.20 Å². The van der Waals surface area contributed by atoms with Crippen LogP contribution in [0.15, 0.2) is 17.2 Å². The van der Waals surface area contributed by atoms with E-state index in [-0.39, 0.29) is 4.90 Å². The SMILES string of the molecule is O=S(O)c1c[nH]c(C(F)(F)F)c1. The highest BCUT2D eigenvalue weighted by Gasteiger charge is 2.32. The Morgan fingerprint density at radius 2 is 2.08 bits per heavy atom. The normalized spacial score (nSPS) is 14.7. The molecule has 1 rings (SSSR count). The zero-order valence-corrected chi connectivity index (χ0v) is 6.37. The molecule has 1 aromatic heterocycles. The van der Waals surface area contributed by atoms with Crippen molar-refractivity contribution in [2.45, 2.75) is 11.1 Å². The van der Waals surface area contributed by atoms with E-state index in [1.165, 1.54) is 0 Å². The molecule has 0 aliphatic rings. The molecule has 0 spiro atoms.